The van der Waals surface area contributed by atoms with Gasteiger partial charge in [0.25, 0.3) is 0 Å². The van der Waals surface area contributed by atoms with Gasteiger partial charge in [0, 0.05) is 12.0 Å². The first-order valence-corrected chi connectivity index (χ1v) is 7.13. The number of likely N-dealkylation sites (N-methyl/N-ethyl adjacent to an activating group) is 1. The van der Waals surface area contributed by atoms with Crippen molar-refractivity contribution in [1.29, 1.82) is 0 Å². The number of benzene rings is 1. The van der Waals surface area contributed by atoms with E-state index in [9.17, 15) is 4.79 Å². The van der Waals surface area contributed by atoms with E-state index in [0.717, 1.165) is 17.1 Å². The number of amides is 1. The van der Waals surface area contributed by atoms with Gasteiger partial charge in [-0.25, -0.2) is 0 Å². The predicted molar refractivity (Wildman–Crippen MR) is 81.5 cm³/mol. The van der Waals surface area contributed by atoms with E-state index in [-0.39, 0.29) is 24.2 Å². The zero-order chi connectivity index (χ0) is 15.6. The summed E-state index contributed by atoms with van der Waals surface area (Å²) >= 11 is 0. The lowest BCUT2D eigenvalue weighted by Gasteiger charge is -2.27. The van der Waals surface area contributed by atoms with Crippen LogP contribution in [0.25, 0.3) is 0 Å². The molecule has 1 unspecified atom stereocenters. The third-order valence-electron chi connectivity index (χ3n) is 3.54. The number of rotatable bonds is 4. The Balaban J connectivity index is 2.11. The largest absolute Gasteiger partial charge is 0.454 e. The van der Waals surface area contributed by atoms with Gasteiger partial charge < -0.3 is 19.7 Å². The lowest BCUT2D eigenvalue weighted by Crippen LogP contribution is -2.40. The van der Waals surface area contributed by atoms with Gasteiger partial charge >= 0.3 is 0 Å². The van der Waals surface area contributed by atoms with Gasteiger partial charge in [-0.3, -0.25) is 4.79 Å². The zero-order valence-electron chi connectivity index (χ0n) is 13.4. The molecule has 0 spiro atoms. The Morgan fingerprint density at radius 2 is 1.95 bits per heavy atom. The topological polar surface area (TPSA) is 50.8 Å². The van der Waals surface area contributed by atoms with Gasteiger partial charge in [0.15, 0.2) is 11.5 Å². The van der Waals surface area contributed by atoms with E-state index >= 15 is 0 Å². The van der Waals surface area contributed by atoms with Crippen LogP contribution in [0.3, 0.4) is 0 Å². The molecule has 5 heteroatoms. The van der Waals surface area contributed by atoms with E-state index < -0.39 is 0 Å². The van der Waals surface area contributed by atoms with Gasteiger partial charge in [-0.2, -0.15) is 0 Å². The van der Waals surface area contributed by atoms with Gasteiger partial charge in [-0.15, -0.1) is 0 Å². The highest BCUT2D eigenvalue weighted by Gasteiger charge is 2.24. The van der Waals surface area contributed by atoms with Crippen LogP contribution in [0.2, 0.25) is 0 Å². The molecule has 116 valence electrons. The first kappa shape index (κ1) is 15.6. The highest BCUT2D eigenvalue weighted by Crippen LogP contribution is 2.35. The second kappa shape index (κ2) is 5.93. The van der Waals surface area contributed by atoms with Crippen molar-refractivity contribution >= 4 is 5.91 Å². The molecule has 0 bridgehead atoms. The van der Waals surface area contributed by atoms with Gasteiger partial charge in [-0.05, 0) is 31.8 Å². The third kappa shape index (κ3) is 3.67. The second-order valence-corrected chi connectivity index (χ2v) is 6.55. The van der Waals surface area contributed by atoms with Crippen LogP contribution in [-0.4, -0.2) is 38.2 Å². The highest BCUT2D eigenvalue weighted by molar-refractivity contribution is 5.81. The molecule has 1 aliphatic heterocycles. The summed E-state index contributed by atoms with van der Waals surface area (Å²) in [6, 6.07) is 6.00. The van der Waals surface area contributed by atoms with E-state index in [1.54, 1.807) is 0 Å². The van der Waals surface area contributed by atoms with E-state index in [2.05, 4.69) is 10.2 Å². The molecule has 1 aromatic rings. The molecule has 0 aromatic heterocycles. The highest BCUT2D eigenvalue weighted by atomic mass is 16.7. The molecule has 2 rings (SSSR count). The van der Waals surface area contributed by atoms with Crippen molar-refractivity contribution < 1.29 is 14.3 Å². The van der Waals surface area contributed by atoms with Crippen LogP contribution in [0.5, 0.6) is 11.5 Å². The summed E-state index contributed by atoms with van der Waals surface area (Å²) < 4.78 is 10.8. The van der Waals surface area contributed by atoms with Crippen molar-refractivity contribution in [1.82, 2.24) is 10.2 Å². The molecule has 1 aliphatic rings. The summed E-state index contributed by atoms with van der Waals surface area (Å²) in [5, 5.41) is 3.02. The summed E-state index contributed by atoms with van der Waals surface area (Å²) in [6.45, 7) is 6.56. The van der Waals surface area contributed by atoms with Crippen LogP contribution < -0.4 is 14.8 Å². The number of carbonyl (C=O) groups excluding carboxylic acids is 1. The first-order chi connectivity index (χ1) is 9.79. The molecule has 5 nitrogen and oxygen atoms in total. The van der Waals surface area contributed by atoms with E-state index in [0.29, 0.717) is 6.54 Å². The molecular formula is C16H24N2O3. The number of hydrogen-bond donors (Lipinski definition) is 1. The van der Waals surface area contributed by atoms with Gasteiger partial charge in [0.05, 0.1) is 6.04 Å². The summed E-state index contributed by atoms with van der Waals surface area (Å²) in [5.41, 5.74) is 0.713. The fourth-order valence-electron chi connectivity index (χ4n) is 2.17. The van der Waals surface area contributed by atoms with Crippen molar-refractivity contribution in [2.24, 2.45) is 5.41 Å². The maximum absolute atomic E-state index is 12.0. The van der Waals surface area contributed by atoms with Crippen LogP contribution in [-0.2, 0) is 4.79 Å². The minimum absolute atomic E-state index is 0.0510. The molecule has 0 fully saturated rings. The third-order valence-corrected chi connectivity index (χ3v) is 3.54. The Morgan fingerprint density at radius 3 is 2.57 bits per heavy atom. The van der Waals surface area contributed by atoms with Crippen molar-refractivity contribution in [3.8, 4) is 11.5 Å². The van der Waals surface area contributed by atoms with Crippen LogP contribution >= 0.6 is 0 Å². The van der Waals surface area contributed by atoms with Crippen molar-refractivity contribution in [2.45, 2.75) is 26.8 Å². The molecule has 0 saturated heterocycles. The SMILES string of the molecule is CN(C)C(CNC(=O)C(C)(C)C)c1ccc2c(c1)OCO2. The number of fused-ring (bicyclic) bond motifs is 1. The minimum atomic E-state index is -0.383. The fourth-order valence-corrected chi connectivity index (χ4v) is 2.17. The van der Waals surface area contributed by atoms with Crippen molar-refractivity contribution in [2.75, 3.05) is 27.4 Å². The lowest BCUT2D eigenvalue weighted by molar-refractivity contribution is -0.128. The Kier molecular flexibility index (Phi) is 4.42. The summed E-state index contributed by atoms with van der Waals surface area (Å²) in [6.07, 6.45) is 0. The summed E-state index contributed by atoms with van der Waals surface area (Å²) in [7, 11) is 4.00. The number of nitrogens with one attached hydrogen (secondary N) is 1. The maximum Gasteiger partial charge on any atom is 0.231 e. The van der Waals surface area contributed by atoms with E-state index in [1.165, 1.54) is 0 Å². The average molecular weight is 292 g/mol. The number of hydrogen-bond acceptors (Lipinski definition) is 4. The van der Waals surface area contributed by atoms with Gasteiger partial charge in [-0.1, -0.05) is 26.8 Å². The van der Waals surface area contributed by atoms with Crippen molar-refractivity contribution in [3.63, 3.8) is 0 Å². The number of ether oxygens (including phenoxy) is 2. The molecular weight excluding hydrogens is 268 g/mol. The van der Waals surface area contributed by atoms with Crippen LogP contribution in [0.1, 0.15) is 32.4 Å². The number of nitrogens with zero attached hydrogens (tertiary/aromatic N) is 1. The lowest BCUT2D eigenvalue weighted by atomic mass is 9.95. The average Bonchev–Trinajstić information content (AvgIpc) is 2.84. The Bertz CT molecular complexity index is 521. The molecule has 21 heavy (non-hydrogen) atoms. The Labute approximate surface area is 126 Å². The van der Waals surface area contributed by atoms with Crippen LogP contribution in [0, 0.1) is 5.41 Å². The predicted octanol–water partition coefficient (Wildman–Crippen LogP) is 2.18. The standard InChI is InChI=1S/C16H24N2O3/c1-16(2,3)15(19)17-9-12(18(4)5)11-6-7-13-14(8-11)21-10-20-13/h6-8,12H,9-10H2,1-5H3,(H,17,19). The molecule has 1 amide bonds. The van der Waals surface area contributed by atoms with Crippen LogP contribution in [0.15, 0.2) is 18.2 Å². The summed E-state index contributed by atoms with van der Waals surface area (Å²) in [4.78, 5) is 14.1. The van der Waals surface area contributed by atoms with Crippen LogP contribution in [0.4, 0.5) is 0 Å². The van der Waals surface area contributed by atoms with E-state index in [4.69, 9.17) is 9.47 Å². The molecule has 1 N–H and O–H groups in total. The zero-order valence-corrected chi connectivity index (χ0v) is 13.4. The molecule has 1 atom stereocenters. The molecule has 0 saturated carbocycles. The molecule has 1 aromatic carbocycles. The van der Waals surface area contributed by atoms with Gasteiger partial charge in [0.2, 0.25) is 12.7 Å². The second-order valence-electron chi connectivity index (χ2n) is 6.55. The smallest absolute Gasteiger partial charge is 0.231 e. The molecule has 1 heterocycles. The van der Waals surface area contributed by atoms with Crippen molar-refractivity contribution in [3.05, 3.63) is 23.8 Å². The Morgan fingerprint density at radius 1 is 1.29 bits per heavy atom. The Hall–Kier alpha value is -1.75. The molecule has 0 aliphatic carbocycles. The maximum atomic E-state index is 12.0. The minimum Gasteiger partial charge on any atom is -0.454 e. The normalized spacial score (nSPS) is 15.1. The first-order valence-electron chi connectivity index (χ1n) is 7.13. The number of carbonyl (C=O) groups is 1. The van der Waals surface area contributed by atoms with E-state index in [1.807, 2.05) is 53.1 Å². The fraction of sp³-hybridized carbons (Fsp3) is 0.562. The molecule has 0 radical (unpaired) electrons. The quantitative estimate of drug-likeness (QED) is 0.924. The monoisotopic (exact) mass is 292 g/mol. The van der Waals surface area contributed by atoms with Gasteiger partial charge in [0.1, 0.15) is 0 Å². The summed E-state index contributed by atoms with van der Waals surface area (Å²) in [5.74, 6) is 1.59.